The van der Waals surface area contributed by atoms with Crippen LogP contribution in [0.25, 0.3) is 0 Å². The number of benzene rings is 2. The van der Waals surface area contributed by atoms with Crippen LogP contribution >= 0.6 is 15.9 Å². The van der Waals surface area contributed by atoms with Gasteiger partial charge >= 0.3 is 0 Å². The zero-order chi connectivity index (χ0) is 20.6. The number of nitrogens with one attached hydrogen (secondary N) is 1. The summed E-state index contributed by atoms with van der Waals surface area (Å²) in [5, 5.41) is 3.63. The predicted molar refractivity (Wildman–Crippen MR) is 123 cm³/mol. The molecular formula is C24H33BrN2O2. The van der Waals surface area contributed by atoms with Gasteiger partial charge in [0.1, 0.15) is 6.61 Å². The van der Waals surface area contributed by atoms with Crippen molar-refractivity contribution < 1.29 is 9.47 Å². The summed E-state index contributed by atoms with van der Waals surface area (Å²) in [5.74, 6) is 1.56. The van der Waals surface area contributed by atoms with Gasteiger partial charge in [-0.2, -0.15) is 0 Å². The lowest BCUT2D eigenvalue weighted by molar-refractivity contribution is 0.259. The van der Waals surface area contributed by atoms with E-state index in [2.05, 4.69) is 76.4 Å². The third-order valence-corrected chi connectivity index (χ3v) is 6.08. The standard InChI is InChI=1S/C24H33BrN2O2/c1-4-27-12-6-7-21(27)16-26-15-20-13-22(25)24(23(14-20)28-5-2)29-17-19-10-8-18(3)9-11-19/h8-11,13-14,21,26H,4-7,12,15-17H2,1-3H3/t21-/m0/s1. The molecule has 158 valence electrons. The Labute approximate surface area is 183 Å². The van der Waals surface area contributed by atoms with Crippen LogP contribution in [0.3, 0.4) is 0 Å². The van der Waals surface area contributed by atoms with E-state index in [1.807, 2.05) is 6.92 Å². The number of rotatable bonds is 10. The minimum Gasteiger partial charge on any atom is -0.490 e. The highest BCUT2D eigenvalue weighted by atomic mass is 79.9. The number of nitrogens with zero attached hydrogens (tertiary/aromatic N) is 1. The Hall–Kier alpha value is -1.56. The molecule has 1 N–H and O–H groups in total. The zero-order valence-electron chi connectivity index (χ0n) is 17.8. The van der Waals surface area contributed by atoms with E-state index < -0.39 is 0 Å². The van der Waals surface area contributed by atoms with E-state index in [0.29, 0.717) is 19.3 Å². The molecule has 5 heteroatoms. The molecule has 1 aliphatic heterocycles. The monoisotopic (exact) mass is 460 g/mol. The van der Waals surface area contributed by atoms with Crippen LogP contribution in [-0.4, -0.2) is 37.2 Å². The van der Waals surface area contributed by atoms with E-state index in [4.69, 9.17) is 9.47 Å². The maximum Gasteiger partial charge on any atom is 0.175 e. The second-order valence-electron chi connectivity index (χ2n) is 7.67. The lowest BCUT2D eigenvalue weighted by atomic mass is 10.1. The van der Waals surface area contributed by atoms with Gasteiger partial charge in [0.05, 0.1) is 11.1 Å². The Bertz CT molecular complexity index is 779. The summed E-state index contributed by atoms with van der Waals surface area (Å²) in [6.45, 7) is 11.7. The summed E-state index contributed by atoms with van der Waals surface area (Å²) in [6.07, 6.45) is 2.60. The molecule has 3 rings (SSSR count). The van der Waals surface area contributed by atoms with Crippen LogP contribution in [0.5, 0.6) is 11.5 Å². The number of ether oxygens (including phenoxy) is 2. The smallest absolute Gasteiger partial charge is 0.175 e. The summed E-state index contributed by atoms with van der Waals surface area (Å²) >= 11 is 3.69. The van der Waals surface area contributed by atoms with Crippen molar-refractivity contribution in [2.75, 3.05) is 26.2 Å². The quantitative estimate of drug-likeness (QED) is 0.520. The number of hydrogen-bond acceptors (Lipinski definition) is 4. The molecular weight excluding hydrogens is 428 g/mol. The molecule has 2 aromatic rings. The molecule has 29 heavy (non-hydrogen) atoms. The number of likely N-dealkylation sites (N-methyl/N-ethyl adjacent to an activating group) is 1. The van der Waals surface area contributed by atoms with E-state index in [1.165, 1.54) is 30.5 Å². The molecule has 0 aromatic heterocycles. The lowest BCUT2D eigenvalue weighted by Crippen LogP contribution is -2.37. The first-order valence-corrected chi connectivity index (χ1v) is 11.5. The van der Waals surface area contributed by atoms with Gasteiger partial charge in [0, 0.05) is 19.1 Å². The highest BCUT2D eigenvalue weighted by Gasteiger charge is 2.22. The van der Waals surface area contributed by atoms with Crippen molar-refractivity contribution in [1.82, 2.24) is 10.2 Å². The average molecular weight is 461 g/mol. The zero-order valence-corrected chi connectivity index (χ0v) is 19.4. The third-order valence-electron chi connectivity index (χ3n) is 5.49. The lowest BCUT2D eigenvalue weighted by Gasteiger charge is -2.23. The minimum atomic E-state index is 0.519. The van der Waals surface area contributed by atoms with Gasteiger partial charge in [-0.05, 0) is 79.0 Å². The van der Waals surface area contributed by atoms with Crippen molar-refractivity contribution in [2.24, 2.45) is 0 Å². The maximum atomic E-state index is 6.12. The van der Waals surface area contributed by atoms with Crippen LogP contribution < -0.4 is 14.8 Å². The van der Waals surface area contributed by atoms with Crippen LogP contribution in [0.2, 0.25) is 0 Å². The Balaban J connectivity index is 1.63. The minimum absolute atomic E-state index is 0.519. The van der Waals surface area contributed by atoms with Crippen molar-refractivity contribution in [1.29, 1.82) is 0 Å². The SMILES string of the molecule is CCOc1cc(CNC[C@@H]2CCCN2CC)cc(Br)c1OCc1ccc(C)cc1. The van der Waals surface area contributed by atoms with E-state index in [1.54, 1.807) is 0 Å². The molecule has 0 saturated carbocycles. The molecule has 0 aliphatic carbocycles. The topological polar surface area (TPSA) is 33.7 Å². The van der Waals surface area contributed by atoms with Crippen molar-refractivity contribution in [3.8, 4) is 11.5 Å². The molecule has 1 aliphatic rings. The molecule has 0 radical (unpaired) electrons. The summed E-state index contributed by atoms with van der Waals surface area (Å²) in [5.41, 5.74) is 3.60. The normalized spacial score (nSPS) is 16.9. The molecule has 0 unspecified atom stereocenters. The van der Waals surface area contributed by atoms with Gasteiger partial charge in [-0.15, -0.1) is 0 Å². The Morgan fingerprint density at radius 2 is 1.90 bits per heavy atom. The second kappa shape index (κ2) is 11.0. The van der Waals surface area contributed by atoms with Crippen molar-refractivity contribution in [2.45, 2.75) is 52.8 Å². The van der Waals surface area contributed by atoms with Crippen molar-refractivity contribution in [3.63, 3.8) is 0 Å². The third kappa shape index (κ3) is 6.21. The highest BCUT2D eigenvalue weighted by molar-refractivity contribution is 9.10. The molecule has 4 nitrogen and oxygen atoms in total. The summed E-state index contributed by atoms with van der Waals surface area (Å²) < 4.78 is 12.9. The number of likely N-dealkylation sites (tertiary alicyclic amines) is 1. The first-order chi connectivity index (χ1) is 14.1. The molecule has 0 spiro atoms. The second-order valence-corrected chi connectivity index (χ2v) is 8.52. The maximum absolute atomic E-state index is 6.12. The first kappa shape index (κ1) is 22.1. The molecule has 0 amide bonds. The van der Waals surface area contributed by atoms with E-state index in [0.717, 1.165) is 41.2 Å². The molecule has 1 heterocycles. The van der Waals surface area contributed by atoms with Gasteiger partial charge < -0.3 is 14.8 Å². The van der Waals surface area contributed by atoms with Gasteiger partial charge in [-0.25, -0.2) is 0 Å². The predicted octanol–water partition coefficient (Wildman–Crippen LogP) is 5.31. The van der Waals surface area contributed by atoms with Gasteiger partial charge in [-0.3, -0.25) is 4.90 Å². The average Bonchev–Trinajstić information content (AvgIpc) is 3.16. The van der Waals surface area contributed by atoms with Crippen LogP contribution in [0.1, 0.15) is 43.4 Å². The van der Waals surface area contributed by atoms with Crippen LogP contribution in [-0.2, 0) is 13.2 Å². The van der Waals surface area contributed by atoms with Crippen LogP contribution in [0.4, 0.5) is 0 Å². The van der Waals surface area contributed by atoms with Crippen LogP contribution in [0.15, 0.2) is 40.9 Å². The van der Waals surface area contributed by atoms with E-state index >= 15 is 0 Å². The van der Waals surface area contributed by atoms with Gasteiger partial charge in [0.2, 0.25) is 0 Å². The Kier molecular flexibility index (Phi) is 8.40. The van der Waals surface area contributed by atoms with E-state index in [-0.39, 0.29) is 0 Å². The van der Waals surface area contributed by atoms with Crippen LogP contribution in [0, 0.1) is 6.92 Å². The number of halogens is 1. The van der Waals surface area contributed by atoms with Gasteiger partial charge in [0.25, 0.3) is 0 Å². The first-order valence-electron chi connectivity index (χ1n) is 10.7. The van der Waals surface area contributed by atoms with Gasteiger partial charge in [0.15, 0.2) is 11.5 Å². The van der Waals surface area contributed by atoms with Crippen molar-refractivity contribution in [3.05, 3.63) is 57.6 Å². The highest BCUT2D eigenvalue weighted by Crippen LogP contribution is 2.37. The summed E-state index contributed by atoms with van der Waals surface area (Å²) in [6, 6.07) is 13.3. The summed E-state index contributed by atoms with van der Waals surface area (Å²) in [4.78, 5) is 2.57. The van der Waals surface area contributed by atoms with Gasteiger partial charge in [-0.1, -0.05) is 36.8 Å². The molecule has 1 atom stereocenters. The Morgan fingerprint density at radius 3 is 2.62 bits per heavy atom. The molecule has 1 fully saturated rings. The molecule has 1 saturated heterocycles. The molecule has 0 bridgehead atoms. The largest absolute Gasteiger partial charge is 0.490 e. The van der Waals surface area contributed by atoms with E-state index in [9.17, 15) is 0 Å². The number of hydrogen-bond donors (Lipinski definition) is 1. The summed E-state index contributed by atoms with van der Waals surface area (Å²) in [7, 11) is 0. The fourth-order valence-corrected chi connectivity index (χ4v) is 4.50. The Morgan fingerprint density at radius 1 is 1.10 bits per heavy atom. The fraction of sp³-hybridized carbons (Fsp3) is 0.500. The van der Waals surface area contributed by atoms with Crippen molar-refractivity contribution >= 4 is 15.9 Å². The molecule has 2 aromatic carbocycles. The fourth-order valence-electron chi connectivity index (χ4n) is 3.89. The number of aryl methyl sites for hydroxylation is 1.